The number of hydrogen-bond acceptors (Lipinski definition) is 2. The second-order valence-corrected chi connectivity index (χ2v) is 4.96. The second kappa shape index (κ2) is 6.24. The minimum atomic E-state index is -0.453. The zero-order valence-corrected chi connectivity index (χ0v) is 11.5. The van der Waals surface area contributed by atoms with Crippen LogP contribution in [0, 0.1) is 5.82 Å². The van der Waals surface area contributed by atoms with Crippen LogP contribution in [-0.4, -0.2) is 6.54 Å². The molecule has 2 nitrogen and oxygen atoms in total. The average molecular weight is 299 g/mol. The fourth-order valence-electron chi connectivity index (χ4n) is 1.79. The summed E-state index contributed by atoms with van der Waals surface area (Å²) >= 11 is 11.6. The molecule has 0 heterocycles. The Morgan fingerprint density at radius 2 is 1.95 bits per heavy atom. The molecular weight excluding hydrogens is 286 g/mol. The first-order chi connectivity index (χ1) is 9.10. The van der Waals surface area contributed by atoms with Crippen LogP contribution in [0.25, 0.3) is 0 Å². The molecular formula is C14H13Cl2FN2. The van der Waals surface area contributed by atoms with E-state index in [0.29, 0.717) is 11.6 Å². The Hall–Kier alpha value is -1.29. The molecule has 0 spiro atoms. The fraction of sp³-hybridized carbons (Fsp3) is 0.143. The van der Waals surface area contributed by atoms with E-state index < -0.39 is 5.82 Å². The lowest BCUT2D eigenvalue weighted by Crippen LogP contribution is -2.20. The third-order valence-corrected chi connectivity index (χ3v) is 3.29. The van der Waals surface area contributed by atoms with Gasteiger partial charge in [-0.3, -0.25) is 0 Å². The van der Waals surface area contributed by atoms with E-state index >= 15 is 0 Å². The predicted octanol–water partition coefficient (Wildman–Crippen LogP) is 4.24. The third kappa shape index (κ3) is 3.60. The van der Waals surface area contributed by atoms with E-state index in [1.54, 1.807) is 18.2 Å². The molecule has 3 N–H and O–H groups in total. The van der Waals surface area contributed by atoms with Gasteiger partial charge >= 0.3 is 0 Å². The van der Waals surface area contributed by atoms with Crippen molar-refractivity contribution in [3.8, 4) is 0 Å². The molecule has 2 aromatic rings. The molecule has 0 saturated heterocycles. The van der Waals surface area contributed by atoms with Crippen LogP contribution in [-0.2, 0) is 0 Å². The van der Waals surface area contributed by atoms with Crippen LogP contribution in [0.5, 0.6) is 0 Å². The van der Waals surface area contributed by atoms with Gasteiger partial charge in [-0.2, -0.15) is 0 Å². The van der Waals surface area contributed by atoms with E-state index in [0.717, 1.165) is 11.3 Å². The van der Waals surface area contributed by atoms with Crippen molar-refractivity contribution < 1.29 is 4.39 Å². The number of rotatable bonds is 4. The maximum Gasteiger partial charge on any atom is 0.142 e. The van der Waals surface area contributed by atoms with Crippen molar-refractivity contribution in [3.63, 3.8) is 0 Å². The van der Waals surface area contributed by atoms with E-state index in [1.807, 2.05) is 12.1 Å². The van der Waals surface area contributed by atoms with E-state index in [-0.39, 0.29) is 11.1 Å². The first kappa shape index (κ1) is 14.1. The summed E-state index contributed by atoms with van der Waals surface area (Å²) < 4.78 is 13.5. The van der Waals surface area contributed by atoms with Crippen molar-refractivity contribution >= 4 is 28.9 Å². The van der Waals surface area contributed by atoms with Gasteiger partial charge in [0.1, 0.15) is 5.82 Å². The molecule has 0 amide bonds. The largest absolute Gasteiger partial charge is 0.377 e. The van der Waals surface area contributed by atoms with E-state index in [1.165, 1.54) is 12.1 Å². The van der Waals surface area contributed by atoms with Crippen molar-refractivity contribution in [2.75, 3.05) is 11.9 Å². The minimum Gasteiger partial charge on any atom is -0.377 e. The van der Waals surface area contributed by atoms with Crippen molar-refractivity contribution in [2.45, 2.75) is 6.04 Å². The van der Waals surface area contributed by atoms with Gasteiger partial charge in [0.15, 0.2) is 0 Å². The molecule has 0 bridgehead atoms. The third-order valence-electron chi connectivity index (χ3n) is 2.75. The van der Waals surface area contributed by atoms with Gasteiger partial charge in [0.25, 0.3) is 0 Å². The molecule has 100 valence electrons. The number of hydrogen-bond donors (Lipinski definition) is 2. The lowest BCUT2D eigenvalue weighted by Gasteiger charge is -2.19. The van der Waals surface area contributed by atoms with Crippen molar-refractivity contribution in [2.24, 2.45) is 5.73 Å². The van der Waals surface area contributed by atoms with Crippen molar-refractivity contribution in [1.29, 1.82) is 0 Å². The Balaban J connectivity index is 2.22. The molecule has 0 saturated carbocycles. The van der Waals surface area contributed by atoms with Crippen LogP contribution in [0.2, 0.25) is 10.0 Å². The Morgan fingerprint density at radius 1 is 1.16 bits per heavy atom. The maximum absolute atomic E-state index is 13.5. The molecule has 1 atom stereocenters. The molecule has 0 aromatic heterocycles. The van der Waals surface area contributed by atoms with Gasteiger partial charge in [0, 0.05) is 17.3 Å². The molecule has 1 unspecified atom stereocenters. The van der Waals surface area contributed by atoms with Gasteiger partial charge in [-0.25, -0.2) is 4.39 Å². The zero-order valence-electron chi connectivity index (χ0n) is 10.0. The summed E-state index contributed by atoms with van der Waals surface area (Å²) in [5.41, 5.74) is 7.30. The van der Waals surface area contributed by atoms with Crippen LogP contribution in [0.1, 0.15) is 11.6 Å². The van der Waals surface area contributed by atoms with Gasteiger partial charge in [-0.05, 0) is 35.9 Å². The molecule has 0 radical (unpaired) electrons. The number of nitrogens with one attached hydrogen (secondary N) is 1. The summed E-state index contributed by atoms with van der Waals surface area (Å²) in [6, 6.07) is 11.7. The SMILES string of the molecule is NCC(Nc1cccc(Cl)c1)c1ccc(Cl)c(F)c1. The van der Waals surface area contributed by atoms with Crippen LogP contribution >= 0.6 is 23.2 Å². The second-order valence-electron chi connectivity index (χ2n) is 4.12. The molecule has 0 fully saturated rings. The average Bonchev–Trinajstić information content (AvgIpc) is 2.39. The monoisotopic (exact) mass is 298 g/mol. The highest BCUT2D eigenvalue weighted by Gasteiger charge is 2.11. The van der Waals surface area contributed by atoms with E-state index in [4.69, 9.17) is 28.9 Å². The Kier molecular flexibility index (Phi) is 4.64. The van der Waals surface area contributed by atoms with Crippen molar-refractivity contribution in [3.05, 3.63) is 63.9 Å². The molecule has 0 aliphatic heterocycles. The molecule has 0 aliphatic rings. The molecule has 2 aromatic carbocycles. The van der Waals surface area contributed by atoms with Gasteiger partial charge in [-0.15, -0.1) is 0 Å². The Labute approximate surface area is 121 Å². The molecule has 0 aliphatic carbocycles. The minimum absolute atomic E-state index is 0.0993. The van der Waals surface area contributed by atoms with E-state index in [9.17, 15) is 4.39 Å². The van der Waals surface area contributed by atoms with Crippen LogP contribution in [0.3, 0.4) is 0 Å². The standard InChI is InChI=1S/C14H13Cl2FN2/c15-10-2-1-3-11(7-10)19-14(8-18)9-4-5-12(16)13(17)6-9/h1-7,14,19H,8,18H2. The lowest BCUT2D eigenvalue weighted by molar-refractivity contribution is 0.623. The molecule has 5 heteroatoms. The van der Waals surface area contributed by atoms with Gasteiger partial charge in [-0.1, -0.05) is 35.3 Å². The lowest BCUT2D eigenvalue weighted by atomic mass is 10.1. The first-order valence-corrected chi connectivity index (χ1v) is 6.53. The summed E-state index contributed by atoms with van der Waals surface area (Å²) in [4.78, 5) is 0. The van der Waals surface area contributed by atoms with Crippen molar-refractivity contribution in [1.82, 2.24) is 0 Å². The van der Waals surface area contributed by atoms with Crippen LogP contribution < -0.4 is 11.1 Å². The number of halogens is 3. The highest BCUT2D eigenvalue weighted by atomic mass is 35.5. The highest BCUT2D eigenvalue weighted by molar-refractivity contribution is 6.31. The number of nitrogens with two attached hydrogens (primary N) is 1. The summed E-state index contributed by atoms with van der Waals surface area (Å²) in [5, 5.41) is 3.94. The van der Waals surface area contributed by atoms with Crippen LogP contribution in [0.4, 0.5) is 10.1 Å². The maximum atomic E-state index is 13.5. The zero-order chi connectivity index (χ0) is 13.8. The number of benzene rings is 2. The summed E-state index contributed by atoms with van der Waals surface area (Å²) in [5.74, 6) is -0.453. The fourth-order valence-corrected chi connectivity index (χ4v) is 2.09. The van der Waals surface area contributed by atoms with Crippen LogP contribution in [0.15, 0.2) is 42.5 Å². The normalized spacial score (nSPS) is 12.2. The molecule has 19 heavy (non-hydrogen) atoms. The summed E-state index contributed by atoms with van der Waals surface area (Å²) in [6.45, 7) is 0.327. The highest BCUT2D eigenvalue weighted by Crippen LogP contribution is 2.24. The number of anilines is 1. The van der Waals surface area contributed by atoms with Gasteiger partial charge < -0.3 is 11.1 Å². The smallest absolute Gasteiger partial charge is 0.142 e. The van der Waals surface area contributed by atoms with Gasteiger partial charge in [0.05, 0.1) is 11.1 Å². The summed E-state index contributed by atoms with van der Waals surface area (Å²) in [6.07, 6.45) is 0. The predicted molar refractivity (Wildman–Crippen MR) is 78.3 cm³/mol. The first-order valence-electron chi connectivity index (χ1n) is 5.77. The quantitative estimate of drug-likeness (QED) is 0.886. The van der Waals surface area contributed by atoms with E-state index in [2.05, 4.69) is 5.32 Å². The summed E-state index contributed by atoms with van der Waals surface area (Å²) in [7, 11) is 0. The Bertz CT molecular complexity index is 575. The molecule has 2 rings (SSSR count). The Morgan fingerprint density at radius 3 is 2.58 bits per heavy atom. The van der Waals surface area contributed by atoms with Gasteiger partial charge in [0.2, 0.25) is 0 Å². The topological polar surface area (TPSA) is 38.0 Å².